The predicted octanol–water partition coefficient (Wildman–Crippen LogP) is 3.04. The number of aromatic nitrogens is 4. The largest absolute Gasteiger partial charge is 0.497 e. The molecule has 0 spiro atoms. The van der Waals surface area contributed by atoms with Gasteiger partial charge in [0.2, 0.25) is 0 Å². The molecule has 7 nitrogen and oxygen atoms in total. The van der Waals surface area contributed by atoms with Crippen LogP contribution in [0, 0.1) is 0 Å². The van der Waals surface area contributed by atoms with Gasteiger partial charge in [-0.15, -0.1) is 0 Å². The van der Waals surface area contributed by atoms with E-state index in [9.17, 15) is 4.79 Å². The zero-order valence-corrected chi connectivity index (χ0v) is 15.2. The van der Waals surface area contributed by atoms with Crippen LogP contribution in [0.4, 0.5) is 0 Å². The molecule has 2 N–H and O–H groups in total. The molecule has 28 heavy (non-hydrogen) atoms. The second-order valence-electron chi connectivity index (χ2n) is 6.86. The van der Waals surface area contributed by atoms with Crippen LogP contribution >= 0.6 is 0 Å². The molecule has 5 rings (SSSR count). The predicted molar refractivity (Wildman–Crippen MR) is 105 cm³/mol. The first kappa shape index (κ1) is 16.6. The maximum absolute atomic E-state index is 12.7. The Morgan fingerprint density at radius 3 is 2.93 bits per heavy atom. The van der Waals surface area contributed by atoms with Gasteiger partial charge in [0.05, 0.1) is 36.7 Å². The van der Waals surface area contributed by atoms with Gasteiger partial charge in [-0.3, -0.25) is 9.89 Å². The van der Waals surface area contributed by atoms with Gasteiger partial charge in [0.1, 0.15) is 17.3 Å². The molecular weight excluding hydrogens is 356 g/mol. The quantitative estimate of drug-likeness (QED) is 0.575. The Labute approximate surface area is 160 Å². The molecular formula is C21H18N4O3. The van der Waals surface area contributed by atoms with Crippen LogP contribution in [-0.2, 0) is 6.42 Å². The number of ether oxygens (including phenoxy) is 2. The van der Waals surface area contributed by atoms with Crippen LogP contribution in [0.2, 0.25) is 0 Å². The highest BCUT2D eigenvalue weighted by Gasteiger charge is 2.24. The number of nitrogens with one attached hydrogen (secondary N) is 2. The fourth-order valence-corrected chi connectivity index (χ4v) is 3.61. The van der Waals surface area contributed by atoms with E-state index in [0.29, 0.717) is 23.3 Å². The van der Waals surface area contributed by atoms with Crippen molar-refractivity contribution in [3.05, 3.63) is 70.5 Å². The lowest BCUT2D eigenvalue weighted by Gasteiger charge is -2.25. The summed E-state index contributed by atoms with van der Waals surface area (Å²) in [6.07, 6.45) is 4.25. The lowest BCUT2D eigenvalue weighted by atomic mass is 9.95. The molecule has 3 heterocycles. The summed E-state index contributed by atoms with van der Waals surface area (Å²) in [4.78, 5) is 20.4. The summed E-state index contributed by atoms with van der Waals surface area (Å²) >= 11 is 0. The zero-order valence-electron chi connectivity index (χ0n) is 15.2. The molecule has 1 aliphatic rings. The van der Waals surface area contributed by atoms with Gasteiger partial charge >= 0.3 is 0 Å². The van der Waals surface area contributed by atoms with Crippen LogP contribution in [0.1, 0.15) is 17.3 Å². The van der Waals surface area contributed by atoms with Crippen LogP contribution in [-0.4, -0.2) is 33.9 Å². The third-order valence-electron chi connectivity index (χ3n) is 5.12. The normalized spacial score (nSPS) is 15.8. The lowest BCUT2D eigenvalue weighted by Crippen LogP contribution is -2.24. The lowest BCUT2D eigenvalue weighted by molar-refractivity contribution is 0.257. The van der Waals surface area contributed by atoms with E-state index in [1.54, 1.807) is 19.5 Å². The second-order valence-corrected chi connectivity index (χ2v) is 6.86. The van der Waals surface area contributed by atoms with Crippen molar-refractivity contribution in [1.82, 2.24) is 20.2 Å². The summed E-state index contributed by atoms with van der Waals surface area (Å²) in [5, 5.41) is 7.30. The van der Waals surface area contributed by atoms with Crippen LogP contribution in [0.25, 0.3) is 22.0 Å². The van der Waals surface area contributed by atoms with Crippen molar-refractivity contribution in [3.8, 4) is 22.6 Å². The maximum atomic E-state index is 12.7. The summed E-state index contributed by atoms with van der Waals surface area (Å²) in [5.41, 5.74) is 3.41. The van der Waals surface area contributed by atoms with E-state index in [1.807, 2.05) is 36.4 Å². The minimum absolute atomic E-state index is 0.0229. The number of hydrogen-bond donors (Lipinski definition) is 2. The van der Waals surface area contributed by atoms with Crippen LogP contribution in [0.3, 0.4) is 0 Å². The van der Waals surface area contributed by atoms with Crippen molar-refractivity contribution in [3.63, 3.8) is 0 Å². The van der Waals surface area contributed by atoms with Gasteiger partial charge in [-0.25, -0.2) is 4.98 Å². The van der Waals surface area contributed by atoms with Gasteiger partial charge in [-0.2, -0.15) is 5.10 Å². The first-order chi connectivity index (χ1) is 13.7. The molecule has 1 atom stereocenters. The number of aromatic amines is 2. The maximum Gasteiger partial charge on any atom is 0.258 e. The first-order valence-electron chi connectivity index (χ1n) is 9.04. The Kier molecular flexibility index (Phi) is 3.86. The van der Waals surface area contributed by atoms with Gasteiger partial charge in [-0.1, -0.05) is 6.07 Å². The average Bonchev–Trinajstić information content (AvgIpc) is 3.27. The average molecular weight is 374 g/mol. The Bertz CT molecular complexity index is 1210. The van der Waals surface area contributed by atoms with Gasteiger partial charge in [-0.05, 0) is 47.9 Å². The number of fused-ring (bicyclic) bond motifs is 2. The molecule has 0 radical (unpaired) electrons. The highest BCUT2D eigenvalue weighted by molar-refractivity contribution is 5.83. The molecule has 0 saturated carbocycles. The highest BCUT2D eigenvalue weighted by Crippen LogP contribution is 2.33. The first-order valence-corrected chi connectivity index (χ1v) is 9.04. The molecule has 0 unspecified atom stereocenters. The number of benzene rings is 2. The van der Waals surface area contributed by atoms with Crippen molar-refractivity contribution in [2.24, 2.45) is 0 Å². The summed E-state index contributed by atoms with van der Waals surface area (Å²) in [5.74, 6) is 2.26. The Morgan fingerprint density at radius 2 is 2.11 bits per heavy atom. The molecule has 2 aromatic carbocycles. The number of rotatable bonds is 3. The molecule has 0 amide bonds. The van der Waals surface area contributed by atoms with Crippen molar-refractivity contribution in [2.45, 2.75) is 12.3 Å². The van der Waals surface area contributed by atoms with Crippen LogP contribution in [0.5, 0.6) is 11.5 Å². The standard InChI is InChI=1S/C21H18N4O3/c1-27-16-3-5-19-13(7-16)6-14(11-28-19)20-24-18-4-2-12(15-9-22-23-10-15)8-17(18)21(26)25-20/h2-5,7-10,14H,6,11H2,1H3,(H,22,23)(H,24,25,26)/t14-/m0/s1. The van der Waals surface area contributed by atoms with E-state index >= 15 is 0 Å². The van der Waals surface area contributed by atoms with E-state index in [4.69, 9.17) is 14.5 Å². The third-order valence-corrected chi connectivity index (χ3v) is 5.12. The van der Waals surface area contributed by atoms with E-state index in [1.165, 1.54) is 0 Å². The highest BCUT2D eigenvalue weighted by atomic mass is 16.5. The minimum atomic E-state index is -0.151. The Morgan fingerprint density at radius 1 is 1.18 bits per heavy atom. The van der Waals surface area contributed by atoms with Gasteiger partial charge in [0.25, 0.3) is 5.56 Å². The topological polar surface area (TPSA) is 92.9 Å². The SMILES string of the molecule is COc1ccc2c(c1)C[C@H](c1nc3ccc(-c4cn[nH]c4)cc3c(=O)[nH]1)CO2. The number of hydrogen-bond acceptors (Lipinski definition) is 5. The monoisotopic (exact) mass is 374 g/mol. The number of methoxy groups -OCH3 is 1. The van der Waals surface area contributed by atoms with Crippen molar-refractivity contribution in [1.29, 1.82) is 0 Å². The fraction of sp³-hybridized carbons (Fsp3) is 0.190. The summed E-state index contributed by atoms with van der Waals surface area (Å²) < 4.78 is 11.2. The van der Waals surface area contributed by atoms with Crippen LogP contribution in [0.15, 0.2) is 53.6 Å². The minimum Gasteiger partial charge on any atom is -0.497 e. The number of nitrogens with zero attached hydrogens (tertiary/aromatic N) is 2. The number of H-pyrrole nitrogens is 2. The summed E-state index contributed by atoms with van der Waals surface area (Å²) in [6.45, 7) is 0.473. The molecule has 4 aromatic rings. The Hall–Kier alpha value is -3.61. The zero-order chi connectivity index (χ0) is 19.1. The molecule has 0 fully saturated rings. The molecule has 7 heteroatoms. The van der Waals surface area contributed by atoms with E-state index in [-0.39, 0.29) is 11.5 Å². The summed E-state index contributed by atoms with van der Waals surface area (Å²) in [7, 11) is 1.64. The van der Waals surface area contributed by atoms with Gasteiger partial charge in [0, 0.05) is 11.8 Å². The fourth-order valence-electron chi connectivity index (χ4n) is 3.61. The molecule has 2 aromatic heterocycles. The van der Waals surface area contributed by atoms with Crippen molar-refractivity contribution in [2.75, 3.05) is 13.7 Å². The van der Waals surface area contributed by atoms with Gasteiger partial charge < -0.3 is 14.5 Å². The third kappa shape index (κ3) is 2.81. The molecule has 1 aliphatic heterocycles. The molecule has 140 valence electrons. The van der Waals surface area contributed by atoms with Crippen LogP contribution < -0.4 is 15.0 Å². The van der Waals surface area contributed by atoms with E-state index < -0.39 is 0 Å². The summed E-state index contributed by atoms with van der Waals surface area (Å²) in [6, 6.07) is 11.4. The Balaban J connectivity index is 1.51. The molecule has 0 bridgehead atoms. The second kappa shape index (κ2) is 6.53. The molecule has 0 aliphatic carbocycles. The van der Waals surface area contributed by atoms with E-state index in [2.05, 4.69) is 15.2 Å². The molecule has 0 saturated heterocycles. The smallest absolute Gasteiger partial charge is 0.258 e. The van der Waals surface area contributed by atoms with Gasteiger partial charge in [0.15, 0.2) is 0 Å². The van der Waals surface area contributed by atoms with E-state index in [0.717, 1.165) is 34.6 Å². The van der Waals surface area contributed by atoms with Crippen molar-refractivity contribution >= 4 is 10.9 Å². The van der Waals surface area contributed by atoms with Crippen molar-refractivity contribution < 1.29 is 9.47 Å².